The molecule has 1 aromatic carbocycles. The molecule has 1 aliphatic carbocycles. The summed E-state index contributed by atoms with van der Waals surface area (Å²) < 4.78 is 35.6. The third-order valence-corrected chi connectivity index (χ3v) is 9.05. The van der Waals surface area contributed by atoms with Crippen LogP contribution < -0.4 is 4.74 Å². The highest BCUT2D eigenvalue weighted by Gasteiger charge is 2.53. The van der Waals surface area contributed by atoms with Gasteiger partial charge in [0, 0.05) is 43.3 Å². The van der Waals surface area contributed by atoms with Crippen molar-refractivity contribution in [2.45, 2.75) is 30.1 Å². The van der Waals surface area contributed by atoms with Crippen LogP contribution in [-0.4, -0.2) is 62.3 Å². The summed E-state index contributed by atoms with van der Waals surface area (Å²) in [6, 6.07) is 11.8. The zero-order chi connectivity index (χ0) is 24.2. The lowest BCUT2D eigenvalue weighted by Gasteiger charge is -2.48. The van der Waals surface area contributed by atoms with Crippen LogP contribution in [0.25, 0.3) is 28.3 Å². The maximum absolute atomic E-state index is 12.6. The topological polar surface area (TPSA) is 118 Å². The van der Waals surface area contributed by atoms with Gasteiger partial charge in [0.05, 0.1) is 42.3 Å². The van der Waals surface area contributed by atoms with Gasteiger partial charge in [0.15, 0.2) is 0 Å². The van der Waals surface area contributed by atoms with Crippen LogP contribution in [0.4, 0.5) is 0 Å². The van der Waals surface area contributed by atoms with Crippen molar-refractivity contribution in [2.24, 2.45) is 0 Å². The molecule has 0 radical (unpaired) electrons. The van der Waals surface area contributed by atoms with Crippen molar-refractivity contribution in [3.63, 3.8) is 0 Å². The largest absolute Gasteiger partial charge is 0.497 e. The Morgan fingerprint density at radius 2 is 1.97 bits per heavy atom. The second-order valence-corrected chi connectivity index (χ2v) is 11.3. The van der Waals surface area contributed by atoms with Crippen molar-refractivity contribution in [1.82, 2.24) is 28.5 Å². The van der Waals surface area contributed by atoms with Crippen molar-refractivity contribution in [3.05, 3.63) is 55.1 Å². The summed E-state index contributed by atoms with van der Waals surface area (Å²) in [5.41, 5.74) is 2.49. The molecule has 0 spiro atoms. The van der Waals surface area contributed by atoms with E-state index in [4.69, 9.17) is 9.72 Å². The Bertz CT molecular complexity index is 1560. The Hall–Kier alpha value is -3.75. The number of hydrogen-bond acceptors (Lipinski definition) is 7. The lowest BCUT2D eigenvalue weighted by Crippen LogP contribution is -2.64. The summed E-state index contributed by atoms with van der Waals surface area (Å²) in [5.74, 6) is 1.42. The van der Waals surface area contributed by atoms with E-state index in [-0.39, 0.29) is 24.8 Å². The quantitative estimate of drug-likeness (QED) is 0.392. The van der Waals surface area contributed by atoms with Crippen LogP contribution in [0.1, 0.15) is 19.3 Å². The molecule has 6 rings (SSSR count). The van der Waals surface area contributed by atoms with E-state index in [1.165, 1.54) is 4.31 Å². The van der Waals surface area contributed by atoms with Gasteiger partial charge in [0.2, 0.25) is 10.0 Å². The lowest BCUT2D eigenvalue weighted by molar-refractivity contribution is 0.0716. The van der Waals surface area contributed by atoms with Gasteiger partial charge in [0.1, 0.15) is 22.8 Å². The van der Waals surface area contributed by atoms with E-state index in [0.29, 0.717) is 18.7 Å². The number of nitrogens with zero attached hydrogens (tertiary/aromatic N) is 7. The summed E-state index contributed by atoms with van der Waals surface area (Å²) in [5, 5.41) is 13.8. The first-order chi connectivity index (χ1) is 16.9. The third kappa shape index (κ3) is 3.57. The molecule has 178 valence electrons. The summed E-state index contributed by atoms with van der Waals surface area (Å²) in [7, 11) is -1.66. The molecule has 2 aliphatic rings. The number of ether oxygens (including phenoxy) is 1. The molecule has 0 N–H and O–H groups in total. The predicted molar refractivity (Wildman–Crippen MR) is 128 cm³/mol. The summed E-state index contributed by atoms with van der Waals surface area (Å²) in [4.78, 5) is 9.35. The van der Waals surface area contributed by atoms with E-state index in [1.54, 1.807) is 24.2 Å². The van der Waals surface area contributed by atoms with Crippen LogP contribution in [-0.2, 0) is 15.6 Å². The number of fused-ring (bicyclic) bond motifs is 1. The molecule has 0 amide bonds. The first-order valence-corrected chi connectivity index (χ1v) is 12.8. The minimum Gasteiger partial charge on any atom is -0.497 e. The minimum atomic E-state index is -3.29. The molecule has 3 aromatic heterocycles. The molecule has 0 bridgehead atoms. The van der Waals surface area contributed by atoms with Crippen molar-refractivity contribution < 1.29 is 13.2 Å². The molecule has 35 heavy (non-hydrogen) atoms. The van der Waals surface area contributed by atoms with Crippen LogP contribution >= 0.6 is 0 Å². The van der Waals surface area contributed by atoms with Gasteiger partial charge in [-0.05, 0) is 37.1 Å². The average molecular weight is 490 g/mol. The fraction of sp³-hybridized carbons (Fsp3) is 0.333. The highest BCUT2D eigenvalue weighted by Crippen LogP contribution is 2.40. The van der Waals surface area contributed by atoms with Crippen molar-refractivity contribution in [3.8, 4) is 34.5 Å². The summed E-state index contributed by atoms with van der Waals surface area (Å²) >= 11 is 0. The first-order valence-electron chi connectivity index (χ1n) is 11.3. The van der Waals surface area contributed by atoms with Crippen molar-refractivity contribution >= 4 is 15.7 Å². The molecule has 1 saturated heterocycles. The van der Waals surface area contributed by atoms with Crippen LogP contribution in [0.2, 0.25) is 0 Å². The minimum absolute atomic E-state index is 0.171. The second-order valence-electron chi connectivity index (χ2n) is 9.09. The van der Waals surface area contributed by atoms with Crippen LogP contribution in [0, 0.1) is 11.3 Å². The van der Waals surface area contributed by atoms with Crippen molar-refractivity contribution in [1.29, 1.82) is 5.26 Å². The zero-order valence-electron chi connectivity index (χ0n) is 19.1. The maximum atomic E-state index is 12.6. The van der Waals surface area contributed by atoms with Crippen LogP contribution in [0.3, 0.4) is 0 Å². The van der Waals surface area contributed by atoms with E-state index in [0.717, 1.165) is 28.2 Å². The van der Waals surface area contributed by atoms with Gasteiger partial charge in [-0.25, -0.2) is 18.4 Å². The number of benzene rings is 1. The normalized spacial score (nSPS) is 17.7. The molecule has 2 fully saturated rings. The Morgan fingerprint density at radius 3 is 2.66 bits per heavy atom. The highest BCUT2D eigenvalue weighted by molar-refractivity contribution is 7.90. The van der Waals surface area contributed by atoms with Crippen LogP contribution in [0.15, 0.2) is 55.1 Å². The lowest BCUT2D eigenvalue weighted by atomic mass is 9.89. The number of sulfonamides is 1. The van der Waals surface area contributed by atoms with Gasteiger partial charge >= 0.3 is 0 Å². The molecule has 0 unspecified atom stereocenters. The Balaban J connectivity index is 1.36. The first kappa shape index (κ1) is 21.8. The number of aromatic nitrogens is 5. The van der Waals surface area contributed by atoms with E-state index in [2.05, 4.69) is 16.2 Å². The number of nitriles is 1. The van der Waals surface area contributed by atoms with Gasteiger partial charge in [0.25, 0.3) is 0 Å². The van der Waals surface area contributed by atoms with Crippen molar-refractivity contribution in [2.75, 3.05) is 20.2 Å². The highest BCUT2D eigenvalue weighted by atomic mass is 32.2. The fourth-order valence-corrected chi connectivity index (χ4v) is 6.58. The van der Waals surface area contributed by atoms with Gasteiger partial charge in [-0.1, -0.05) is 0 Å². The fourth-order valence-electron chi connectivity index (χ4n) is 4.59. The standard InChI is InChI=1S/C24H23N7O3S/c1-34-19-4-2-17(3-5-19)21-12-22-26-10-11-30(22)23(28-21)18-13-27-31(14-18)24(8-9-25)15-29(16-24)35(32,33)20-6-7-20/h2-5,10-14,20H,6-8,15-16H2,1H3. The molecular formula is C24H23N7O3S. The Labute approximate surface area is 202 Å². The van der Waals surface area contributed by atoms with E-state index in [1.807, 2.05) is 47.1 Å². The summed E-state index contributed by atoms with van der Waals surface area (Å²) in [6.45, 7) is 0.501. The Morgan fingerprint density at radius 1 is 1.20 bits per heavy atom. The van der Waals surface area contributed by atoms with Gasteiger partial charge in [-0.15, -0.1) is 0 Å². The van der Waals surface area contributed by atoms with E-state index < -0.39 is 15.6 Å². The van der Waals surface area contributed by atoms with E-state index >= 15 is 0 Å². The molecule has 1 saturated carbocycles. The molecule has 4 aromatic rings. The average Bonchev–Trinajstić information content (AvgIpc) is 3.41. The molecule has 1 aliphatic heterocycles. The van der Waals surface area contributed by atoms with Gasteiger partial charge < -0.3 is 4.74 Å². The van der Waals surface area contributed by atoms with Gasteiger partial charge in [-0.3, -0.25) is 9.08 Å². The monoisotopic (exact) mass is 489 g/mol. The smallest absolute Gasteiger partial charge is 0.217 e. The second kappa shape index (κ2) is 7.90. The number of methoxy groups -OCH3 is 1. The van der Waals surface area contributed by atoms with Gasteiger partial charge in [-0.2, -0.15) is 14.7 Å². The van der Waals surface area contributed by atoms with E-state index in [9.17, 15) is 13.7 Å². The molecule has 0 atom stereocenters. The van der Waals surface area contributed by atoms with Crippen LogP contribution in [0.5, 0.6) is 5.75 Å². The predicted octanol–water partition coefficient (Wildman–Crippen LogP) is 2.69. The number of imidazole rings is 1. The molecule has 11 heteroatoms. The zero-order valence-corrected chi connectivity index (χ0v) is 19.9. The molecular weight excluding hydrogens is 466 g/mol. The number of hydrogen-bond donors (Lipinski definition) is 0. The SMILES string of the molecule is COc1ccc(-c2cc3nccn3c(-c3cnn(C4(CC#N)CN(S(=O)(=O)C5CC5)C4)c3)n2)cc1. The molecule has 4 heterocycles. The maximum Gasteiger partial charge on any atom is 0.217 e. The molecule has 10 nitrogen and oxygen atoms in total. The summed E-state index contributed by atoms with van der Waals surface area (Å²) in [6.07, 6.45) is 8.71. The third-order valence-electron chi connectivity index (χ3n) is 6.76. The number of rotatable bonds is 7. The Kier molecular flexibility index (Phi) is 4.91.